The summed E-state index contributed by atoms with van der Waals surface area (Å²) >= 11 is 9.16. The number of nitrogens with two attached hydrogens (primary N) is 1. The van der Waals surface area contributed by atoms with Crippen LogP contribution >= 0.6 is 27.5 Å². The number of amides is 1. The number of ether oxygens (including phenoxy) is 1. The van der Waals surface area contributed by atoms with Gasteiger partial charge in [0.05, 0.1) is 24.4 Å². The molecule has 0 atom stereocenters. The Hall–Kier alpha value is -1.72. The molecule has 0 fully saturated rings. The Labute approximate surface area is 136 Å². The van der Waals surface area contributed by atoms with Crippen LogP contribution in [0, 0.1) is 0 Å². The van der Waals surface area contributed by atoms with Crippen molar-refractivity contribution in [3.05, 3.63) is 52.0 Å². The maximum absolute atomic E-state index is 11.8. The van der Waals surface area contributed by atoms with Crippen LogP contribution in [0.15, 0.2) is 46.9 Å². The highest BCUT2D eigenvalue weighted by Crippen LogP contribution is 2.23. The van der Waals surface area contributed by atoms with Crippen molar-refractivity contribution in [2.24, 2.45) is 0 Å². The molecule has 2 aromatic carbocycles. The van der Waals surface area contributed by atoms with E-state index in [1.165, 1.54) is 0 Å². The van der Waals surface area contributed by atoms with E-state index in [4.69, 9.17) is 22.1 Å². The SMILES string of the molecule is Nc1cc(Cl)ccc1NC(=O)CCOc1cccc(Br)c1. The zero-order valence-corrected chi connectivity index (χ0v) is 13.4. The quantitative estimate of drug-likeness (QED) is 0.780. The molecule has 0 aliphatic rings. The number of nitrogen functional groups attached to an aromatic ring is 1. The molecule has 2 rings (SSSR count). The van der Waals surface area contributed by atoms with Crippen molar-refractivity contribution in [3.8, 4) is 5.75 Å². The number of anilines is 2. The molecule has 2 aromatic rings. The molecule has 0 unspecified atom stereocenters. The van der Waals surface area contributed by atoms with Crippen LogP contribution in [0.4, 0.5) is 11.4 Å². The fourth-order valence-electron chi connectivity index (χ4n) is 1.68. The molecule has 0 radical (unpaired) electrons. The molecule has 1 amide bonds. The fourth-order valence-corrected chi connectivity index (χ4v) is 2.24. The summed E-state index contributed by atoms with van der Waals surface area (Å²) in [6.07, 6.45) is 0.231. The summed E-state index contributed by atoms with van der Waals surface area (Å²) in [6.45, 7) is 0.287. The number of carbonyl (C=O) groups is 1. The number of rotatable bonds is 5. The smallest absolute Gasteiger partial charge is 0.227 e. The van der Waals surface area contributed by atoms with Gasteiger partial charge in [-0.1, -0.05) is 33.6 Å². The average Bonchev–Trinajstić information content (AvgIpc) is 2.42. The van der Waals surface area contributed by atoms with Crippen molar-refractivity contribution in [1.82, 2.24) is 0 Å². The Morgan fingerprint density at radius 3 is 2.81 bits per heavy atom. The van der Waals surface area contributed by atoms with Gasteiger partial charge in [-0.05, 0) is 36.4 Å². The molecule has 3 N–H and O–H groups in total. The second-order valence-corrected chi connectivity index (χ2v) is 5.69. The molecule has 0 saturated heterocycles. The molecule has 0 heterocycles. The van der Waals surface area contributed by atoms with Crippen LogP contribution in [0.25, 0.3) is 0 Å². The van der Waals surface area contributed by atoms with Crippen LogP contribution in [0.5, 0.6) is 5.75 Å². The van der Waals surface area contributed by atoms with E-state index < -0.39 is 0 Å². The molecule has 6 heteroatoms. The number of nitrogens with one attached hydrogen (secondary N) is 1. The molecule has 0 aromatic heterocycles. The van der Waals surface area contributed by atoms with E-state index in [2.05, 4.69) is 21.2 Å². The van der Waals surface area contributed by atoms with Gasteiger partial charge in [0.1, 0.15) is 5.75 Å². The van der Waals surface area contributed by atoms with E-state index >= 15 is 0 Å². The Morgan fingerprint density at radius 1 is 1.29 bits per heavy atom. The molecule has 0 saturated carbocycles. The minimum atomic E-state index is -0.168. The molecular formula is C15H14BrClN2O2. The number of halogens is 2. The first-order valence-corrected chi connectivity index (χ1v) is 7.45. The number of hydrogen-bond acceptors (Lipinski definition) is 3. The largest absolute Gasteiger partial charge is 0.493 e. The third-order valence-electron chi connectivity index (χ3n) is 2.68. The Morgan fingerprint density at radius 2 is 2.10 bits per heavy atom. The fraction of sp³-hybridized carbons (Fsp3) is 0.133. The summed E-state index contributed by atoms with van der Waals surface area (Å²) in [5, 5.41) is 3.25. The first-order chi connectivity index (χ1) is 10.0. The molecule has 0 aliphatic carbocycles. The summed E-state index contributed by atoms with van der Waals surface area (Å²) in [5.41, 5.74) is 6.75. The minimum absolute atomic E-state index is 0.168. The highest BCUT2D eigenvalue weighted by molar-refractivity contribution is 9.10. The van der Waals surface area contributed by atoms with Crippen LogP contribution in [0.2, 0.25) is 5.02 Å². The van der Waals surface area contributed by atoms with Gasteiger partial charge in [-0.3, -0.25) is 4.79 Å². The first kappa shape index (κ1) is 15.7. The third-order valence-corrected chi connectivity index (χ3v) is 3.41. The van der Waals surface area contributed by atoms with Crippen molar-refractivity contribution in [2.75, 3.05) is 17.7 Å². The predicted octanol–water partition coefficient (Wildman–Crippen LogP) is 4.09. The lowest BCUT2D eigenvalue weighted by Crippen LogP contribution is -2.16. The summed E-state index contributed by atoms with van der Waals surface area (Å²) in [4.78, 5) is 11.8. The van der Waals surface area contributed by atoms with Gasteiger partial charge >= 0.3 is 0 Å². The van der Waals surface area contributed by atoms with Crippen LogP contribution in [-0.4, -0.2) is 12.5 Å². The second kappa shape index (κ2) is 7.33. The van der Waals surface area contributed by atoms with Crippen LogP contribution in [-0.2, 0) is 4.79 Å². The maximum atomic E-state index is 11.8. The molecule has 110 valence electrons. The summed E-state index contributed by atoms with van der Waals surface area (Å²) in [6, 6.07) is 12.4. The van der Waals surface area contributed by atoms with Crippen LogP contribution in [0.1, 0.15) is 6.42 Å². The Bertz CT molecular complexity index is 649. The van der Waals surface area contributed by atoms with E-state index in [1.54, 1.807) is 18.2 Å². The molecule has 21 heavy (non-hydrogen) atoms. The van der Waals surface area contributed by atoms with Gasteiger partial charge in [0.25, 0.3) is 0 Å². The lowest BCUT2D eigenvalue weighted by atomic mass is 10.2. The van der Waals surface area contributed by atoms with Gasteiger partial charge in [0.15, 0.2) is 0 Å². The second-order valence-electron chi connectivity index (χ2n) is 4.34. The van der Waals surface area contributed by atoms with Gasteiger partial charge in [-0.15, -0.1) is 0 Å². The summed E-state index contributed by atoms with van der Waals surface area (Å²) in [5.74, 6) is 0.544. The highest BCUT2D eigenvalue weighted by Gasteiger charge is 2.06. The molecule has 0 spiro atoms. The van der Waals surface area contributed by atoms with E-state index in [0.29, 0.717) is 22.1 Å². The number of hydrogen-bond donors (Lipinski definition) is 2. The number of carbonyl (C=O) groups excluding carboxylic acids is 1. The summed E-state index contributed by atoms with van der Waals surface area (Å²) < 4.78 is 6.43. The number of benzene rings is 2. The van der Waals surface area contributed by atoms with Crippen LogP contribution < -0.4 is 15.8 Å². The van der Waals surface area contributed by atoms with Crippen molar-refractivity contribution in [1.29, 1.82) is 0 Å². The normalized spacial score (nSPS) is 10.2. The van der Waals surface area contributed by atoms with Crippen molar-refractivity contribution < 1.29 is 9.53 Å². The average molecular weight is 370 g/mol. The third kappa shape index (κ3) is 4.95. The van der Waals surface area contributed by atoms with E-state index in [0.717, 1.165) is 4.47 Å². The van der Waals surface area contributed by atoms with Gasteiger partial charge < -0.3 is 15.8 Å². The molecular weight excluding hydrogens is 356 g/mol. The highest BCUT2D eigenvalue weighted by atomic mass is 79.9. The lowest BCUT2D eigenvalue weighted by molar-refractivity contribution is -0.116. The zero-order valence-electron chi connectivity index (χ0n) is 11.1. The lowest BCUT2D eigenvalue weighted by Gasteiger charge is -2.09. The van der Waals surface area contributed by atoms with Gasteiger partial charge in [-0.2, -0.15) is 0 Å². The summed E-state index contributed by atoms with van der Waals surface area (Å²) in [7, 11) is 0. The van der Waals surface area contributed by atoms with Crippen molar-refractivity contribution in [2.45, 2.75) is 6.42 Å². The van der Waals surface area contributed by atoms with Gasteiger partial charge in [0.2, 0.25) is 5.91 Å². The molecule has 0 bridgehead atoms. The van der Waals surface area contributed by atoms with Gasteiger partial charge in [0, 0.05) is 9.50 Å². The zero-order chi connectivity index (χ0) is 15.2. The molecule has 0 aliphatic heterocycles. The minimum Gasteiger partial charge on any atom is -0.493 e. The van der Waals surface area contributed by atoms with Crippen molar-refractivity contribution >= 4 is 44.8 Å². The monoisotopic (exact) mass is 368 g/mol. The van der Waals surface area contributed by atoms with E-state index in [9.17, 15) is 4.79 Å². The topological polar surface area (TPSA) is 64.3 Å². The Kier molecular flexibility index (Phi) is 5.47. The standard InChI is InChI=1S/C15H14BrClN2O2/c16-10-2-1-3-12(8-10)21-7-6-15(20)19-14-5-4-11(17)9-13(14)18/h1-5,8-9H,6-7,18H2,(H,19,20). The van der Waals surface area contributed by atoms with Crippen molar-refractivity contribution in [3.63, 3.8) is 0 Å². The van der Waals surface area contributed by atoms with E-state index in [-0.39, 0.29) is 18.9 Å². The predicted molar refractivity (Wildman–Crippen MR) is 88.7 cm³/mol. The molecule has 4 nitrogen and oxygen atoms in total. The van der Waals surface area contributed by atoms with E-state index in [1.807, 2.05) is 24.3 Å². The van der Waals surface area contributed by atoms with Gasteiger partial charge in [-0.25, -0.2) is 0 Å². The van der Waals surface area contributed by atoms with Crippen LogP contribution in [0.3, 0.4) is 0 Å². The maximum Gasteiger partial charge on any atom is 0.227 e. The Balaban J connectivity index is 1.82. The first-order valence-electron chi connectivity index (χ1n) is 6.28.